The Bertz CT molecular complexity index is 614. The first kappa shape index (κ1) is 19.7. The largest absolute Gasteiger partial charge is 0.357 e. The molecule has 1 aromatic rings. The fourth-order valence-corrected chi connectivity index (χ4v) is 3.52. The van der Waals surface area contributed by atoms with Gasteiger partial charge >= 0.3 is 0 Å². The molecule has 1 aliphatic carbocycles. The number of carbonyl (C=O) groups excluding carboxylic acids is 1. The van der Waals surface area contributed by atoms with Gasteiger partial charge in [-0.05, 0) is 44.7 Å². The van der Waals surface area contributed by atoms with Gasteiger partial charge in [0, 0.05) is 38.1 Å². The SMILES string of the molecule is CCNC(=NCC1CCCN1Cc1ccccc1)NCCNC(=O)C1CC1. The Morgan fingerprint density at radius 3 is 2.63 bits per heavy atom. The smallest absolute Gasteiger partial charge is 0.223 e. The number of amides is 1. The second-order valence-corrected chi connectivity index (χ2v) is 7.46. The number of hydrogen-bond donors (Lipinski definition) is 3. The monoisotopic (exact) mass is 371 g/mol. The summed E-state index contributed by atoms with van der Waals surface area (Å²) >= 11 is 0. The summed E-state index contributed by atoms with van der Waals surface area (Å²) in [6.45, 7) is 7.19. The Balaban J connectivity index is 1.43. The Hall–Kier alpha value is -2.08. The highest BCUT2D eigenvalue weighted by Crippen LogP contribution is 2.28. The third-order valence-corrected chi connectivity index (χ3v) is 5.20. The van der Waals surface area contributed by atoms with Gasteiger partial charge in [-0.25, -0.2) is 0 Å². The maximum atomic E-state index is 11.7. The first-order valence-corrected chi connectivity index (χ1v) is 10.3. The van der Waals surface area contributed by atoms with E-state index in [1.165, 1.54) is 18.4 Å². The van der Waals surface area contributed by atoms with Crippen molar-refractivity contribution >= 4 is 11.9 Å². The second kappa shape index (κ2) is 10.3. The minimum Gasteiger partial charge on any atom is -0.357 e. The first-order valence-electron chi connectivity index (χ1n) is 10.3. The zero-order valence-corrected chi connectivity index (χ0v) is 16.4. The molecule has 0 radical (unpaired) electrons. The number of guanidine groups is 1. The molecule has 6 nitrogen and oxygen atoms in total. The van der Waals surface area contributed by atoms with E-state index < -0.39 is 0 Å². The van der Waals surface area contributed by atoms with Crippen LogP contribution in [0.5, 0.6) is 0 Å². The van der Waals surface area contributed by atoms with E-state index in [9.17, 15) is 4.79 Å². The van der Waals surface area contributed by atoms with E-state index in [-0.39, 0.29) is 11.8 Å². The van der Waals surface area contributed by atoms with Gasteiger partial charge in [0.05, 0.1) is 6.54 Å². The zero-order chi connectivity index (χ0) is 18.9. The highest BCUT2D eigenvalue weighted by molar-refractivity contribution is 5.81. The van der Waals surface area contributed by atoms with Crippen molar-refractivity contribution in [3.05, 3.63) is 35.9 Å². The van der Waals surface area contributed by atoms with Crippen molar-refractivity contribution in [2.45, 2.75) is 45.2 Å². The van der Waals surface area contributed by atoms with Gasteiger partial charge < -0.3 is 16.0 Å². The van der Waals surface area contributed by atoms with Crippen LogP contribution in [-0.2, 0) is 11.3 Å². The van der Waals surface area contributed by atoms with Crippen molar-refractivity contribution in [2.24, 2.45) is 10.9 Å². The number of nitrogens with zero attached hydrogens (tertiary/aromatic N) is 2. The van der Waals surface area contributed by atoms with Gasteiger partial charge in [0.1, 0.15) is 0 Å². The average Bonchev–Trinajstić information content (AvgIpc) is 3.45. The molecule has 1 aliphatic heterocycles. The lowest BCUT2D eigenvalue weighted by molar-refractivity contribution is -0.122. The van der Waals surface area contributed by atoms with Crippen LogP contribution in [0, 0.1) is 5.92 Å². The molecule has 3 rings (SSSR count). The van der Waals surface area contributed by atoms with E-state index in [0.717, 1.165) is 45.0 Å². The van der Waals surface area contributed by atoms with Crippen LogP contribution < -0.4 is 16.0 Å². The normalized spacial score (nSPS) is 20.5. The first-order chi connectivity index (χ1) is 13.3. The predicted octanol–water partition coefficient (Wildman–Crippen LogP) is 1.73. The van der Waals surface area contributed by atoms with Crippen LogP contribution in [0.3, 0.4) is 0 Å². The summed E-state index contributed by atoms with van der Waals surface area (Å²) in [5.74, 6) is 1.30. The molecule has 2 aliphatic rings. The summed E-state index contributed by atoms with van der Waals surface area (Å²) in [5.41, 5.74) is 1.37. The standard InChI is InChI=1S/C21H33N5O/c1-2-22-21(24-13-12-23-20(27)18-10-11-18)25-15-19-9-6-14-26(19)16-17-7-4-3-5-8-17/h3-5,7-8,18-19H,2,6,9-16H2,1H3,(H,23,27)(H2,22,24,25). The summed E-state index contributed by atoms with van der Waals surface area (Å²) in [6.07, 6.45) is 4.53. The number of rotatable bonds is 9. The van der Waals surface area contributed by atoms with Crippen molar-refractivity contribution in [1.82, 2.24) is 20.9 Å². The molecule has 148 valence electrons. The van der Waals surface area contributed by atoms with Crippen LogP contribution in [0.2, 0.25) is 0 Å². The van der Waals surface area contributed by atoms with Crippen molar-refractivity contribution < 1.29 is 4.79 Å². The molecule has 1 atom stereocenters. The zero-order valence-electron chi connectivity index (χ0n) is 16.4. The highest BCUT2D eigenvalue weighted by atomic mass is 16.2. The van der Waals surface area contributed by atoms with Crippen LogP contribution in [0.25, 0.3) is 0 Å². The Morgan fingerprint density at radius 1 is 1.11 bits per heavy atom. The highest BCUT2D eigenvalue weighted by Gasteiger charge is 2.29. The maximum Gasteiger partial charge on any atom is 0.223 e. The van der Waals surface area contributed by atoms with Gasteiger partial charge in [0.15, 0.2) is 5.96 Å². The predicted molar refractivity (Wildman–Crippen MR) is 110 cm³/mol. The van der Waals surface area contributed by atoms with Crippen molar-refractivity contribution in [3.63, 3.8) is 0 Å². The van der Waals surface area contributed by atoms with Crippen LogP contribution >= 0.6 is 0 Å². The Kier molecular flexibility index (Phi) is 7.51. The van der Waals surface area contributed by atoms with Crippen molar-refractivity contribution in [2.75, 3.05) is 32.7 Å². The number of carbonyl (C=O) groups is 1. The lowest BCUT2D eigenvalue weighted by atomic mass is 10.2. The molecule has 27 heavy (non-hydrogen) atoms. The molecule has 1 saturated heterocycles. The Morgan fingerprint density at radius 2 is 1.89 bits per heavy atom. The van der Waals surface area contributed by atoms with Crippen LogP contribution in [0.1, 0.15) is 38.2 Å². The van der Waals surface area contributed by atoms with E-state index in [2.05, 4.69) is 58.1 Å². The fraction of sp³-hybridized carbons (Fsp3) is 0.619. The fourth-order valence-electron chi connectivity index (χ4n) is 3.52. The quantitative estimate of drug-likeness (QED) is 0.351. The molecule has 0 spiro atoms. The molecule has 6 heteroatoms. The van der Waals surface area contributed by atoms with Crippen LogP contribution in [-0.4, -0.2) is 55.5 Å². The molecule has 0 bridgehead atoms. The number of aliphatic imine (C=N–C) groups is 1. The lowest BCUT2D eigenvalue weighted by Crippen LogP contribution is -2.42. The van der Waals surface area contributed by atoms with Crippen molar-refractivity contribution in [3.8, 4) is 0 Å². The summed E-state index contributed by atoms with van der Waals surface area (Å²) in [6, 6.07) is 11.2. The molecule has 1 saturated carbocycles. The topological polar surface area (TPSA) is 68.8 Å². The molecule has 0 aromatic heterocycles. The van der Waals surface area contributed by atoms with E-state index in [0.29, 0.717) is 19.1 Å². The van der Waals surface area contributed by atoms with Crippen LogP contribution in [0.4, 0.5) is 0 Å². The summed E-state index contributed by atoms with van der Waals surface area (Å²) in [4.78, 5) is 19.0. The maximum absolute atomic E-state index is 11.7. The number of hydrogen-bond acceptors (Lipinski definition) is 3. The summed E-state index contributed by atoms with van der Waals surface area (Å²) in [7, 11) is 0. The molecule has 1 heterocycles. The minimum absolute atomic E-state index is 0.196. The van der Waals surface area contributed by atoms with Gasteiger partial charge in [0.25, 0.3) is 0 Å². The lowest BCUT2D eigenvalue weighted by Gasteiger charge is -2.23. The van der Waals surface area contributed by atoms with E-state index in [1.807, 2.05) is 0 Å². The van der Waals surface area contributed by atoms with Gasteiger partial charge in [-0.1, -0.05) is 30.3 Å². The van der Waals surface area contributed by atoms with Crippen molar-refractivity contribution in [1.29, 1.82) is 0 Å². The number of likely N-dealkylation sites (tertiary alicyclic amines) is 1. The molecule has 2 fully saturated rings. The molecular formula is C21H33N5O. The molecule has 1 unspecified atom stereocenters. The van der Waals surface area contributed by atoms with E-state index in [4.69, 9.17) is 4.99 Å². The van der Waals surface area contributed by atoms with Crippen LogP contribution in [0.15, 0.2) is 35.3 Å². The van der Waals surface area contributed by atoms with Gasteiger partial charge in [0.2, 0.25) is 5.91 Å². The molecule has 3 N–H and O–H groups in total. The Labute approximate surface area is 162 Å². The third kappa shape index (κ3) is 6.54. The summed E-state index contributed by atoms with van der Waals surface area (Å²) < 4.78 is 0. The molecular weight excluding hydrogens is 338 g/mol. The third-order valence-electron chi connectivity index (χ3n) is 5.20. The second-order valence-electron chi connectivity index (χ2n) is 7.46. The minimum atomic E-state index is 0.196. The van der Waals surface area contributed by atoms with E-state index in [1.54, 1.807) is 0 Å². The van der Waals surface area contributed by atoms with E-state index >= 15 is 0 Å². The van der Waals surface area contributed by atoms with Gasteiger partial charge in [-0.3, -0.25) is 14.7 Å². The average molecular weight is 372 g/mol. The summed E-state index contributed by atoms with van der Waals surface area (Å²) in [5, 5.41) is 9.61. The number of benzene rings is 1. The number of nitrogens with one attached hydrogen (secondary N) is 3. The van der Waals surface area contributed by atoms with Gasteiger partial charge in [-0.15, -0.1) is 0 Å². The van der Waals surface area contributed by atoms with Gasteiger partial charge in [-0.2, -0.15) is 0 Å². The molecule has 1 aromatic carbocycles. The molecule has 1 amide bonds.